The fourth-order valence-electron chi connectivity index (χ4n) is 2.11. The van der Waals surface area contributed by atoms with Crippen molar-refractivity contribution in [1.29, 1.82) is 0 Å². The summed E-state index contributed by atoms with van der Waals surface area (Å²) in [6.45, 7) is 2.86. The molecule has 0 radical (unpaired) electrons. The van der Waals surface area contributed by atoms with Gasteiger partial charge in [-0.1, -0.05) is 23.8 Å². The molecule has 7 nitrogen and oxygen atoms in total. The molecular weight excluding hydrogens is 384 g/mol. The average Bonchev–Trinajstić information content (AvgIpc) is 2.65. The third-order valence-electron chi connectivity index (χ3n) is 3.53. The quantitative estimate of drug-likeness (QED) is 0.379. The molecule has 148 valence electrons. The molecule has 0 atom stereocenters. The molecule has 0 N–H and O–H groups in total. The lowest BCUT2D eigenvalue weighted by molar-refractivity contribution is -0.142. The third kappa shape index (κ3) is 5.95. The molecule has 0 saturated carbocycles. The molecule has 0 heterocycles. The zero-order valence-corrected chi connectivity index (χ0v) is 16.5. The molecule has 0 unspecified atom stereocenters. The van der Waals surface area contributed by atoms with Gasteiger partial charge in [0.05, 0.1) is 7.11 Å². The van der Waals surface area contributed by atoms with Crippen LogP contribution in [0.4, 0.5) is 0 Å². The average molecular weight is 404 g/mol. The van der Waals surface area contributed by atoms with E-state index in [4.69, 9.17) is 13.7 Å². The number of ketones is 1. The van der Waals surface area contributed by atoms with Crippen LogP contribution in [0.2, 0.25) is 0 Å². The molecule has 0 spiro atoms. The van der Waals surface area contributed by atoms with Crippen molar-refractivity contribution < 1.29 is 31.7 Å². The second-order valence-electron chi connectivity index (χ2n) is 5.90. The smallest absolute Gasteiger partial charge is 0.339 e. The van der Waals surface area contributed by atoms with Gasteiger partial charge in [0.1, 0.15) is 11.5 Å². The number of aryl methyl sites for hydroxylation is 1. The monoisotopic (exact) mass is 404 g/mol. The van der Waals surface area contributed by atoms with Crippen molar-refractivity contribution in [3.8, 4) is 11.5 Å². The number of ether oxygens (including phenoxy) is 2. The molecule has 2 aromatic rings. The zero-order valence-electron chi connectivity index (χ0n) is 15.7. The van der Waals surface area contributed by atoms with Crippen LogP contribution in [0.3, 0.4) is 0 Å². The van der Waals surface area contributed by atoms with Crippen LogP contribution in [0.5, 0.6) is 11.5 Å². The second-order valence-corrected chi connectivity index (χ2v) is 7.45. The van der Waals surface area contributed by atoms with E-state index in [0.29, 0.717) is 5.56 Å². The van der Waals surface area contributed by atoms with E-state index >= 15 is 0 Å². The maximum absolute atomic E-state index is 12.4. The van der Waals surface area contributed by atoms with Crippen molar-refractivity contribution in [3.05, 3.63) is 59.7 Å². The number of esters is 1. The summed E-state index contributed by atoms with van der Waals surface area (Å²) in [5.74, 6) is -0.745. The van der Waals surface area contributed by atoms with Gasteiger partial charge in [-0.25, -0.2) is 4.79 Å². The van der Waals surface area contributed by atoms with E-state index in [1.54, 1.807) is 18.2 Å². The van der Waals surface area contributed by atoms with Gasteiger partial charge in [0.25, 0.3) is 0 Å². The van der Waals surface area contributed by atoms with Crippen LogP contribution < -0.4 is 8.92 Å². The van der Waals surface area contributed by atoms with E-state index in [1.165, 1.54) is 44.4 Å². The molecular formula is C20H20O7S. The van der Waals surface area contributed by atoms with Gasteiger partial charge >= 0.3 is 16.1 Å². The molecule has 0 fully saturated rings. The Morgan fingerprint density at radius 1 is 1.04 bits per heavy atom. The van der Waals surface area contributed by atoms with Crippen molar-refractivity contribution in [2.24, 2.45) is 0 Å². The van der Waals surface area contributed by atoms with Crippen molar-refractivity contribution >= 4 is 27.9 Å². The Morgan fingerprint density at radius 3 is 2.32 bits per heavy atom. The molecule has 0 aliphatic carbocycles. The Morgan fingerprint density at radius 2 is 1.71 bits per heavy atom. The summed E-state index contributed by atoms with van der Waals surface area (Å²) in [7, 11) is -2.65. The fourth-order valence-corrected chi connectivity index (χ4v) is 3.05. The normalized spacial score (nSPS) is 11.2. The molecule has 8 heteroatoms. The van der Waals surface area contributed by atoms with Crippen LogP contribution in [0.1, 0.15) is 18.1 Å². The summed E-state index contributed by atoms with van der Waals surface area (Å²) < 4.78 is 40.0. The van der Waals surface area contributed by atoms with Crippen LogP contribution in [0.15, 0.2) is 53.4 Å². The first-order chi connectivity index (χ1) is 13.2. The minimum absolute atomic E-state index is 0.0133. The third-order valence-corrected chi connectivity index (χ3v) is 4.77. The van der Waals surface area contributed by atoms with E-state index in [0.717, 1.165) is 11.6 Å². The first kappa shape index (κ1) is 21.2. The highest BCUT2D eigenvalue weighted by atomic mass is 32.2. The van der Waals surface area contributed by atoms with E-state index < -0.39 is 16.1 Å². The van der Waals surface area contributed by atoms with E-state index in [9.17, 15) is 18.0 Å². The predicted molar refractivity (Wildman–Crippen MR) is 103 cm³/mol. The summed E-state index contributed by atoms with van der Waals surface area (Å²) in [6.07, 6.45) is 2.60. The fraction of sp³-hybridized carbons (Fsp3) is 0.200. The summed E-state index contributed by atoms with van der Waals surface area (Å²) in [5.41, 5.74) is 1.48. The molecule has 0 saturated heterocycles. The van der Waals surface area contributed by atoms with E-state index in [2.05, 4.69) is 0 Å². The zero-order chi connectivity index (χ0) is 20.7. The predicted octanol–water partition coefficient (Wildman–Crippen LogP) is 2.92. The highest BCUT2D eigenvalue weighted by molar-refractivity contribution is 7.87. The maximum atomic E-state index is 12.4. The molecule has 0 aliphatic heterocycles. The van der Waals surface area contributed by atoms with Gasteiger partial charge in [-0.3, -0.25) is 4.79 Å². The van der Waals surface area contributed by atoms with Gasteiger partial charge in [-0.2, -0.15) is 8.42 Å². The number of rotatable bonds is 8. The van der Waals surface area contributed by atoms with Gasteiger partial charge in [0.15, 0.2) is 17.3 Å². The number of hydrogen-bond acceptors (Lipinski definition) is 7. The minimum Gasteiger partial charge on any atom is -0.493 e. The Labute approximate surface area is 163 Å². The molecule has 2 rings (SSSR count). The van der Waals surface area contributed by atoms with Gasteiger partial charge in [-0.05, 0) is 49.8 Å². The van der Waals surface area contributed by atoms with E-state index in [1.807, 2.05) is 6.92 Å². The largest absolute Gasteiger partial charge is 0.493 e. The highest BCUT2D eigenvalue weighted by Gasteiger charge is 2.19. The Bertz CT molecular complexity index is 990. The number of methoxy groups -OCH3 is 1. The number of benzene rings is 2. The van der Waals surface area contributed by atoms with Crippen LogP contribution in [0.25, 0.3) is 6.08 Å². The maximum Gasteiger partial charge on any atom is 0.339 e. The number of hydrogen-bond donors (Lipinski definition) is 0. The lowest BCUT2D eigenvalue weighted by Gasteiger charge is -2.11. The van der Waals surface area contributed by atoms with E-state index in [-0.39, 0.29) is 28.8 Å². The highest BCUT2D eigenvalue weighted by Crippen LogP contribution is 2.31. The minimum atomic E-state index is -4.02. The van der Waals surface area contributed by atoms with Crippen molar-refractivity contribution in [2.75, 3.05) is 13.7 Å². The lowest BCUT2D eigenvalue weighted by Crippen LogP contribution is -2.10. The number of carbonyl (C=O) groups excluding carboxylic acids is 2. The van der Waals surface area contributed by atoms with Crippen LogP contribution in [-0.4, -0.2) is 33.9 Å². The Balaban J connectivity index is 2.17. The van der Waals surface area contributed by atoms with Gasteiger partial charge in [-0.15, -0.1) is 0 Å². The Kier molecular flexibility index (Phi) is 6.94. The lowest BCUT2D eigenvalue weighted by atomic mass is 10.2. The van der Waals surface area contributed by atoms with Crippen LogP contribution >= 0.6 is 0 Å². The van der Waals surface area contributed by atoms with Gasteiger partial charge < -0.3 is 13.7 Å². The molecule has 28 heavy (non-hydrogen) atoms. The molecule has 0 aromatic heterocycles. The standard InChI is InChI=1S/C20H20O7S/c1-14-4-8-17(9-5-14)28(23,24)27-18-10-6-16(12-19(18)25-3)7-11-20(22)26-13-15(2)21/h4-12H,13H2,1-3H3/b11-7+. The summed E-state index contributed by atoms with van der Waals surface area (Å²) in [6, 6.07) is 10.7. The topological polar surface area (TPSA) is 96.0 Å². The Hall–Kier alpha value is -3.13. The van der Waals surface area contributed by atoms with Crippen LogP contribution in [0, 0.1) is 6.92 Å². The molecule has 0 aliphatic rings. The summed E-state index contributed by atoms with van der Waals surface area (Å²) in [5, 5.41) is 0. The summed E-state index contributed by atoms with van der Waals surface area (Å²) in [4.78, 5) is 22.3. The molecule has 2 aromatic carbocycles. The van der Waals surface area contributed by atoms with Crippen molar-refractivity contribution in [2.45, 2.75) is 18.7 Å². The second kappa shape index (κ2) is 9.18. The first-order valence-electron chi connectivity index (χ1n) is 8.25. The number of Topliss-reactive ketones (excluding diaryl/α,β-unsaturated/α-hetero) is 1. The van der Waals surface area contributed by atoms with Crippen molar-refractivity contribution in [1.82, 2.24) is 0 Å². The summed E-state index contributed by atoms with van der Waals surface area (Å²) >= 11 is 0. The SMILES string of the molecule is COc1cc(/C=C/C(=O)OCC(C)=O)ccc1OS(=O)(=O)c1ccc(C)cc1. The van der Waals surface area contributed by atoms with Crippen molar-refractivity contribution in [3.63, 3.8) is 0 Å². The van der Waals surface area contributed by atoms with Crippen LogP contribution in [-0.2, 0) is 24.4 Å². The van der Waals surface area contributed by atoms with Gasteiger partial charge in [0.2, 0.25) is 0 Å². The molecule has 0 bridgehead atoms. The van der Waals surface area contributed by atoms with Gasteiger partial charge in [0, 0.05) is 6.08 Å². The molecule has 0 amide bonds. The first-order valence-corrected chi connectivity index (χ1v) is 9.65. The number of carbonyl (C=O) groups is 2.